The molecule has 0 spiro atoms. The van der Waals surface area contributed by atoms with Gasteiger partial charge in [0.2, 0.25) is 0 Å². The topological polar surface area (TPSA) is 190 Å². The zero-order valence-electron chi connectivity index (χ0n) is 17.8. The number of likely N-dealkylation sites (tertiary alicyclic amines) is 1. The molecule has 2 rings (SSSR count). The third-order valence-electron chi connectivity index (χ3n) is 4.51. The van der Waals surface area contributed by atoms with Crippen molar-refractivity contribution >= 4 is 34.7 Å². The SMILES string of the molecule is O=C(O)CC(O)(CC(=O)O)C(=O)O.O[C@H](CON=C(Cl)c1cccnc1)CN1CCCCC1. The van der Waals surface area contributed by atoms with Crippen LogP contribution in [0.1, 0.15) is 37.7 Å². The summed E-state index contributed by atoms with van der Waals surface area (Å²) in [6, 6.07) is 3.57. The van der Waals surface area contributed by atoms with Gasteiger partial charge in [-0.15, -0.1) is 0 Å². The molecule has 0 radical (unpaired) electrons. The molecule has 12 nitrogen and oxygen atoms in total. The molecule has 1 saturated heterocycles. The summed E-state index contributed by atoms with van der Waals surface area (Å²) < 4.78 is 0. The number of pyridine rings is 1. The van der Waals surface area contributed by atoms with E-state index in [9.17, 15) is 19.5 Å². The van der Waals surface area contributed by atoms with E-state index in [0.29, 0.717) is 12.1 Å². The van der Waals surface area contributed by atoms with Crippen LogP contribution in [0.15, 0.2) is 29.7 Å². The van der Waals surface area contributed by atoms with E-state index < -0.39 is 42.5 Å². The fourth-order valence-corrected chi connectivity index (χ4v) is 3.08. The number of carboxylic acids is 3. The van der Waals surface area contributed by atoms with E-state index in [2.05, 4.69) is 15.0 Å². The Morgan fingerprint density at radius 1 is 1.15 bits per heavy atom. The van der Waals surface area contributed by atoms with E-state index in [-0.39, 0.29) is 11.8 Å². The van der Waals surface area contributed by atoms with Gasteiger partial charge in [-0.25, -0.2) is 4.79 Å². The van der Waals surface area contributed by atoms with Gasteiger partial charge in [0.1, 0.15) is 12.7 Å². The number of hydrogen-bond acceptors (Lipinski definition) is 9. The number of oxime groups is 1. The summed E-state index contributed by atoms with van der Waals surface area (Å²) in [6.45, 7) is 2.88. The summed E-state index contributed by atoms with van der Waals surface area (Å²) in [4.78, 5) is 41.8. The first-order valence-electron chi connectivity index (χ1n) is 10.1. The monoisotopic (exact) mass is 489 g/mol. The van der Waals surface area contributed by atoms with Gasteiger partial charge in [-0.2, -0.15) is 0 Å². The molecule has 5 N–H and O–H groups in total. The number of carboxylic acid groups (broad SMARTS) is 3. The molecule has 1 aromatic rings. The molecule has 0 unspecified atom stereocenters. The minimum Gasteiger partial charge on any atom is -0.481 e. The molecule has 0 saturated carbocycles. The number of halogens is 1. The first-order chi connectivity index (χ1) is 15.5. The lowest BCUT2D eigenvalue weighted by molar-refractivity contribution is -0.170. The number of piperidine rings is 1. The Kier molecular flexibility index (Phi) is 12.3. The number of hydrogen-bond donors (Lipinski definition) is 5. The average molecular weight is 490 g/mol. The van der Waals surface area contributed by atoms with Crippen LogP contribution in [0, 0.1) is 0 Å². The largest absolute Gasteiger partial charge is 0.481 e. The van der Waals surface area contributed by atoms with Gasteiger partial charge in [0, 0.05) is 24.5 Å². The van der Waals surface area contributed by atoms with Gasteiger partial charge in [-0.1, -0.05) is 23.2 Å². The minimum atomic E-state index is -2.74. The molecule has 184 valence electrons. The minimum absolute atomic E-state index is 0.146. The number of aliphatic hydroxyl groups is 2. The van der Waals surface area contributed by atoms with Crippen LogP contribution in [0.3, 0.4) is 0 Å². The number of β-amino-alcohol motifs (C(OH)–C–C–N with tert-alkyl or cyclic N) is 1. The molecule has 0 aromatic carbocycles. The summed E-state index contributed by atoms with van der Waals surface area (Å²) in [5.74, 6) is -5.02. The van der Waals surface area contributed by atoms with E-state index in [1.54, 1.807) is 24.5 Å². The second kappa shape index (κ2) is 14.4. The third kappa shape index (κ3) is 11.6. The fraction of sp³-hybridized carbons (Fsp3) is 0.550. The molecular formula is C20H28ClN3O9. The first kappa shape index (κ1) is 28.2. The Morgan fingerprint density at radius 2 is 1.76 bits per heavy atom. The smallest absolute Gasteiger partial charge is 0.336 e. The maximum Gasteiger partial charge on any atom is 0.336 e. The van der Waals surface area contributed by atoms with Gasteiger partial charge in [0.05, 0.1) is 12.8 Å². The normalized spacial score (nSPS) is 15.7. The van der Waals surface area contributed by atoms with E-state index in [0.717, 1.165) is 13.1 Å². The lowest BCUT2D eigenvalue weighted by Crippen LogP contribution is -2.42. The predicted molar refractivity (Wildman–Crippen MR) is 116 cm³/mol. The second-order valence-electron chi connectivity index (χ2n) is 7.41. The number of aliphatic hydroxyl groups excluding tert-OH is 1. The van der Waals surface area contributed by atoms with Crippen molar-refractivity contribution in [2.45, 2.75) is 43.8 Å². The summed E-state index contributed by atoms with van der Waals surface area (Å²) in [7, 11) is 0. The van der Waals surface area contributed by atoms with Crippen molar-refractivity contribution in [1.82, 2.24) is 9.88 Å². The fourth-order valence-electron chi connectivity index (χ4n) is 2.92. The Hall–Kier alpha value is -2.80. The molecule has 33 heavy (non-hydrogen) atoms. The molecule has 1 aliphatic rings. The molecular weight excluding hydrogens is 462 g/mol. The highest BCUT2D eigenvalue weighted by Crippen LogP contribution is 2.15. The zero-order chi connectivity index (χ0) is 24.9. The van der Waals surface area contributed by atoms with Crippen LogP contribution in [0.2, 0.25) is 0 Å². The van der Waals surface area contributed by atoms with Crippen LogP contribution >= 0.6 is 11.6 Å². The highest BCUT2D eigenvalue weighted by Gasteiger charge is 2.40. The summed E-state index contributed by atoms with van der Waals surface area (Å²) in [5.41, 5.74) is -2.04. The van der Waals surface area contributed by atoms with Crippen LogP contribution in [0.25, 0.3) is 0 Å². The number of nitrogens with zero attached hydrogens (tertiary/aromatic N) is 3. The molecule has 1 atom stereocenters. The van der Waals surface area contributed by atoms with Crippen LogP contribution < -0.4 is 0 Å². The molecule has 1 aliphatic heterocycles. The molecule has 1 fully saturated rings. The standard InChI is InChI=1S/C14H20ClN3O2.C6H8O7/c15-14(12-5-4-6-16-9-12)17-20-11-13(19)10-18-7-2-1-3-8-18;7-3(8)1-6(13,5(11)12)2-4(9)10/h4-6,9,13,19H,1-3,7-8,10-11H2;13H,1-2H2,(H,7,8)(H,9,10)(H,11,12)/t13-;/m0./s1. The number of aliphatic carboxylic acids is 3. The molecule has 1 aromatic heterocycles. The number of carbonyl (C=O) groups is 3. The van der Waals surface area contributed by atoms with E-state index in [1.165, 1.54) is 19.3 Å². The second-order valence-corrected chi connectivity index (χ2v) is 7.77. The van der Waals surface area contributed by atoms with Crippen molar-refractivity contribution in [2.24, 2.45) is 5.16 Å². The maximum absolute atomic E-state index is 10.3. The molecule has 0 bridgehead atoms. The van der Waals surface area contributed by atoms with E-state index in [4.69, 9.17) is 36.9 Å². The summed E-state index contributed by atoms with van der Waals surface area (Å²) >= 11 is 5.97. The Morgan fingerprint density at radius 3 is 2.24 bits per heavy atom. The molecule has 13 heteroatoms. The Balaban J connectivity index is 0.000000366. The van der Waals surface area contributed by atoms with Gasteiger partial charge >= 0.3 is 17.9 Å². The van der Waals surface area contributed by atoms with Gasteiger partial charge in [0.25, 0.3) is 0 Å². The first-order valence-corrected chi connectivity index (χ1v) is 10.5. The van der Waals surface area contributed by atoms with Gasteiger partial charge in [-0.05, 0) is 38.1 Å². The highest BCUT2D eigenvalue weighted by atomic mass is 35.5. The van der Waals surface area contributed by atoms with Crippen molar-refractivity contribution in [3.8, 4) is 0 Å². The zero-order valence-corrected chi connectivity index (χ0v) is 18.6. The maximum atomic E-state index is 10.3. The van der Waals surface area contributed by atoms with Crippen molar-refractivity contribution < 1.29 is 44.8 Å². The van der Waals surface area contributed by atoms with Crippen LogP contribution in [0.5, 0.6) is 0 Å². The van der Waals surface area contributed by atoms with Crippen molar-refractivity contribution in [2.75, 3.05) is 26.2 Å². The van der Waals surface area contributed by atoms with Crippen LogP contribution in [-0.4, -0.2) is 96.4 Å². The molecule has 0 amide bonds. The van der Waals surface area contributed by atoms with Crippen LogP contribution in [-0.2, 0) is 19.2 Å². The van der Waals surface area contributed by atoms with Gasteiger partial charge in [0.15, 0.2) is 10.8 Å². The van der Waals surface area contributed by atoms with Crippen molar-refractivity contribution in [3.05, 3.63) is 30.1 Å². The lowest BCUT2D eigenvalue weighted by Gasteiger charge is -2.27. The van der Waals surface area contributed by atoms with Gasteiger partial charge < -0.3 is 35.3 Å². The summed E-state index contributed by atoms with van der Waals surface area (Å²) in [6.07, 6.45) is 4.14. The predicted octanol–water partition coefficient (Wildman–Crippen LogP) is 0.597. The lowest BCUT2D eigenvalue weighted by atomic mass is 9.96. The van der Waals surface area contributed by atoms with Crippen molar-refractivity contribution in [3.63, 3.8) is 0 Å². The Bertz CT molecular complexity index is 785. The van der Waals surface area contributed by atoms with E-state index in [1.807, 2.05) is 0 Å². The summed E-state index contributed by atoms with van der Waals surface area (Å²) in [5, 5.41) is 47.7. The van der Waals surface area contributed by atoms with E-state index >= 15 is 0 Å². The molecule has 0 aliphatic carbocycles. The number of aromatic nitrogens is 1. The van der Waals surface area contributed by atoms with Gasteiger partial charge in [-0.3, -0.25) is 14.6 Å². The quantitative estimate of drug-likeness (QED) is 0.216. The van der Waals surface area contributed by atoms with Crippen molar-refractivity contribution in [1.29, 1.82) is 0 Å². The Labute approximate surface area is 195 Å². The van der Waals surface area contributed by atoms with Crippen LogP contribution in [0.4, 0.5) is 0 Å². The number of rotatable bonds is 11. The average Bonchev–Trinajstić information content (AvgIpc) is 2.74. The highest BCUT2D eigenvalue weighted by molar-refractivity contribution is 6.69. The molecule has 2 heterocycles. The third-order valence-corrected chi connectivity index (χ3v) is 4.80.